The molecule has 1 aliphatic rings. The highest BCUT2D eigenvalue weighted by Gasteiger charge is 2.26. The van der Waals surface area contributed by atoms with Gasteiger partial charge in [0.1, 0.15) is 11.5 Å². The third-order valence-corrected chi connectivity index (χ3v) is 5.66. The van der Waals surface area contributed by atoms with Crippen LogP contribution in [0.5, 0.6) is 11.5 Å². The fourth-order valence-electron chi connectivity index (χ4n) is 3.69. The Morgan fingerprint density at radius 1 is 0.941 bits per heavy atom. The molecule has 1 saturated heterocycles. The normalized spacial score (nSPS) is 14.1. The molecule has 1 fully saturated rings. The van der Waals surface area contributed by atoms with E-state index in [0.717, 1.165) is 11.1 Å². The van der Waals surface area contributed by atoms with Crippen molar-refractivity contribution in [3.63, 3.8) is 0 Å². The van der Waals surface area contributed by atoms with E-state index in [2.05, 4.69) is 0 Å². The van der Waals surface area contributed by atoms with Gasteiger partial charge in [-0.25, -0.2) is 5.48 Å². The Bertz CT molecular complexity index is 960. The smallest absolute Gasteiger partial charge is 0.243 e. The predicted octanol–water partition coefficient (Wildman–Crippen LogP) is 1.90. The number of rotatable bonds is 8. The Morgan fingerprint density at radius 2 is 1.44 bits per heavy atom. The zero-order valence-electron chi connectivity index (χ0n) is 19.1. The fourth-order valence-corrected chi connectivity index (χ4v) is 3.69. The van der Waals surface area contributed by atoms with Gasteiger partial charge >= 0.3 is 0 Å². The summed E-state index contributed by atoms with van der Waals surface area (Å²) >= 11 is 0. The van der Waals surface area contributed by atoms with E-state index in [1.807, 2.05) is 48.5 Å². The van der Waals surface area contributed by atoms with Crippen LogP contribution in [0.1, 0.15) is 24.5 Å². The van der Waals surface area contributed by atoms with E-state index in [-0.39, 0.29) is 30.6 Å². The van der Waals surface area contributed by atoms with E-state index in [4.69, 9.17) is 15.7 Å². The monoisotopic (exact) mass is 490 g/mol. The van der Waals surface area contributed by atoms with Crippen molar-refractivity contribution < 1.29 is 24.3 Å². The summed E-state index contributed by atoms with van der Waals surface area (Å²) in [5, 5.41) is 8.54. The van der Waals surface area contributed by atoms with Crippen LogP contribution < -0.4 is 16.0 Å². The molecule has 0 radical (unpaired) electrons. The molecule has 3 rings (SSSR count). The highest BCUT2D eigenvalue weighted by Crippen LogP contribution is 2.23. The zero-order valence-corrected chi connectivity index (χ0v) is 19.9. The number of hydrogen-bond acceptors (Lipinski definition) is 6. The van der Waals surface area contributed by atoms with E-state index in [1.165, 1.54) is 6.92 Å². The van der Waals surface area contributed by atoms with Crippen LogP contribution in [0.4, 0.5) is 0 Å². The number of nitrogens with one attached hydrogen (secondary N) is 1. The first-order chi connectivity index (χ1) is 15.9. The van der Waals surface area contributed by atoms with Gasteiger partial charge in [-0.1, -0.05) is 24.3 Å². The summed E-state index contributed by atoms with van der Waals surface area (Å²) in [7, 11) is 0. The third-order valence-electron chi connectivity index (χ3n) is 5.66. The highest BCUT2D eigenvalue weighted by molar-refractivity contribution is 5.85. The molecule has 34 heavy (non-hydrogen) atoms. The van der Waals surface area contributed by atoms with Crippen LogP contribution in [0.25, 0.3) is 0 Å². The van der Waals surface area contributed by atoms with Crippen LogP contribution in [-0.2, 0) is 27.2 Å². The number of carbonyl (C=O) groups is 3. The van der Waals surface area contributed by atoms with Crippen LogP contribution in [0.3, 0.4) is 0 Å². The third kappa shape index (κ3) is 7.72. The van der Waals surface area contributed by atoms with E-state index in [1.54, 1.807) is 15.3 Å². The van der Waals surface area contributed by atoms with Gasteiger partial charge < -0.3 is 20.3 Å². The Hall–Kier alpha value is -3.14. The summed E-state index contributed by atoms with van der Waals surface area (Å²) in [4.78, 5) is 38.7. The zero-order chi connectivity index (χ0) is 23.8. The first kappa shape index (κ1) is 27.1. The molecule has 1 aliphatic heterocycles. The van der Waals surface area contributed by atoms with Gasteiger partial charge in [-0.3, -0.25) is 19.6 Å². The summed E-state index contributed by atoms with van der Waals surface area (Å²) in [6.45, 7) is 3.63. The highest BCUT2D eigenvalue weighted by atomic mass is 35.5. The number of carbonyl (C=O) groups excluding carboxylic acids is 3. The average Bonchev–Trinajstić information content (AvgIpc) is 2.84. The SMILES string of the molecule is CC(=O)N1CCN(C(=O)[C@@H](N)Cc2ccc(Oc3ccc(CCC(=O)NO)cc3)cc2)CC1.Cl. The van der Waals surface area contributed by atoms with Gasteiger partial charge in [0.15, 0.2) is 0 Å². The first-order valence-corrected chi connectivity index (χ1v) is 10.9. The molecule has 0 unspecified atom stereocenters. The second-order valence-electron chi connectivity index (χ2n) is 8.07. The summed E-state index contributed by atoms with van der Waals surface area (Å²) in [6, 6.07) is 14.2. The van der Waals surface area contributed by atoms with Crippen LogP contribution >= 0.6 is 12.4 Å². The van der Waals surface area contributed by atoms with Crippen molar-refractivity contribution in [3.8, 4) is 11.5 Å². The molecule has 0 spiro atoms. The lowest BCUT2D eigenvalue weighted by Gasteiger charge is -2.35. The predicted molar refractivity (Wildman–Crippen MR) is 129 cm³/mol. The second-order valence-corrected chi connectivity index (χ2v) is 8.07. The molecule has 9 nitrogen and oxygen atoms in total. The van der Waals surface area contributed by atoms with Gasteiger partial charge in [-0.15, -0.1) is 12.4 Å². The number of halogens is 1. The molecular weight excluding hydrogens is 460 g/mol. The number of ether oxygens (including phenoxy) is 1. The topological polar surface area (TPSA) is 125 Å². The van der Waals surface area contributed by atoms with Crippen LogP contribution in [0, 0.1) is 0 Å². The van der Waals surface area contributed by atoms with Crippen LogP contribution in [0.2, 0.25) is 0 Å². The Morgan fingerprint density at radius 3 is 1.94 bits per heavy atom. The number of nitrogens with zero attached hydrogens (tertiary/aromatic N) is 2. The molecule has 4 N–H and O–H groups in total. The maximum absolute atomic E-state index is 12.7. The molecule has 0 aromatic heterocycles. The number of hydrogen-bond donors (Lipinski definition) is 3. The number of hydroxylamine groups is 1. The van der Waals surface area contributed by atoms with Crippen molar-refractivity contribution >= 4 is 30.1 Å². The van der Waals surface area contributed by atoms with Crippen LogP contribution in [0.15, 0.2) is 48.5 Å². The average molecular weight is 491 g/mol. The molecule has 1 heterocycles. The number of benzene rings is 2. The molecule has 2 aromatic rings. The molecule has 1 atom stereocenters. The standard InChI is InChI=1S/C24H30N4O5.ClH/c1-17(29)27-12-14-28(15-13-27)24(31)22(25)16-19-4-9-21(10-5-19)33-20-7-2-18(3-8-20)6-11-23(30)26-32;/h2-5,7-10,22,32H,6,11-16,25H2,1H3,(H,26,30);1H/t22-;/m0./s1. The van der Waals surface area contributed by atoms with E-state index in [9.17, 15) is 14.4 Å². The molecular formula is C24H31ClN4O5. The van der Waals surface area contributed by atoms with Gasteiger partial charge in [0.25, 0.3) is 0 Å². The maximum Gasteiger partial charge on any atom is 0.243 e. The molecule has 184 valence electrons. The molecule has 0 saturated carbocycles. The number of piperazine rings is 1. The van der Waals surface area contributed by atoms with Crippen LogP contribution in [-0.4, -0.2) is 64.9 Å². The van der Waals surface area contributed by atoms with E-state index in [0.29, 0.717) is 50.5 Å². The minimum absolute atomic E-state index is 0. The maximum atomic E-state index is 12.7. The Kier molecular flexibility index (Phi) is 10.3. The molecule has 10 heteroatoms. The first-order valence-electron chi connectivity index (χ1n) is 10.9. The van der Waals surface area contributed by atoms with Gasteiger partial charge in [-0.05, 0) is 48.2 Å². The lowest BCUT2D eigenvalue weighted by molar-refractivity contribution is -0.139. The minimum atomic E-state index is -0.638. The van der Waals surface area contributed by atoms with Gasteiger partial charge in [0, 0.05) is 39.5 Å². The summed E-state index contributed by atoms with van der Waals surface area (Å²) < 4.78 is 5.85. The van der Waals surface area contributed by atoms with Crippen molar-refractivity contribution in [2.24, 2.45) is 5.73 Å². The lowest BCUT2D eigenvalue weighted by atomic mass is 10.0. The van der Waals surface area contributed by atoms with Crippen molar-refractivity contribution in [2.75, 3.05) is 26.2 Å². The quantitative estimate of drug-likeness (QED) is 0.383. The summed E-state index contributed by atoms with van der Waals surface area (Å²) in [5.74, 6) is 0.820. The van der Waals surface area contributed by atoms with Crippen molar-refractivity contribution in [2.45, 2.75) is 32.2 Å². The largest absolute Gasteiger partial charge is 0.457 e. The van der Waals surface area contributed by atoms with Gasteiger partial charge in [0.2, 0.25) is 17.7 Å². The Labute approximate surface area is 205 Å². The number of aryl methyl sites for hydroxylation is 1. The fraction of sp³-hybridized carbons (Fsp3) is 0.375. The van der Waals surface area contributed by atoms with E-state index < -0.39 is 11.9 Å². The number of nitrogens with two attached hydrogens (primary N) is 1. The van der Waals surface area contributed by atoms with Crippen molar-refractivity contribution in [1.29, 1.82) is 0 Å². The molecule has 3 amide bonds. The van der Waals surface area contributed by atoms with E-state index >= 15 is 0 Å². The van der Waals surface area contributed by atoms with Gasteiger partial charge in [0.05, 0.1) is 6.04 Å². The number of amides is 3. The Balaban J connectivity index is 0.00000408. The summed E-state index contributed by atoms with van der Waals surface area (Å²) in [6.07, 6.45) is 1.15. The minimum Gasteiger partial charge on any atom is -0.457 e. The van der Waals surface area contributed by atoms with Gasteiger partial charge in [-0.2, -0.15) is 0 Å². The lowest BCUT2D eigenvalue weighted by Crippen LogP contribution is -2.54. The molecule has 2 aromatic carbocycles. The van der Waals surface area contributed by atoms with Crippen molar-refractivity contribution in [1.82, 2.24) is 15.3 Å². The molecule has 0 aliphatic carbocycles. The molecule has 0 bridgehead atoms. The second kappa shape index (κ2) is 12.9. The van der Waals surface area contributed by atoms with Crippen molar-refractivity contribution in [3.05, 3.63) is 59.7 Å². The summed E-state index contributed by atoms with van der Waals surface area (Å²) in [5.41, 5.74) is 9.67.